The van der Waals surface area contributed by atoms with Crippen LogP contribution in [-0.2, 0) is 38.1 Å². The molecule has 0 radical (unpaired) electrons. The molecule has 0 atom stereocenters. The second-order valence-corrected chi connectivity index (χ2v) is 16.6. The predicted octanol–water partition coefficient (Wildman–Crippen LogP) is 9.60. The predicted molar refractivity (Wildman–Crippen MR) is 265 cm³/mol. The van der Waals surface area contributed by atoms with Gasteiger partial charge in [0.25, 0.3) is 0 Å². The molecule has 4 aromatic carbocycles. The Morgan fingerprint density at radius 1 is 0.459 bits per heavy atom. The van der Waals surface area contributed by atoms with Crippen LogP contribution in [0.3, 0.4) is 0 Å². The van der Waals surface area contributed by atoms with Crippen LogP contribution in [0.2, 0.25) is 0 Å². The zero-order valence-electron chi connectivity index (χ0n) is 41.1. The molecule has 4 aromatic rings. The number of allylic oxidation sites excluding steroid dienone is 2. The maximum absolute atomic E-state index is 13.4. The lowest BCUT2D eigenvalue weighted by molar-refractivity contribution is -0.145. The third kappa shape index (κ3) is 17.8. The molecule has 0 aliphatic heterocycles. The lowest BCUT2D eigenvalue weighted by atomic mass is 9.82. The van der Waals surface area contributed by atoms with Crippen LogP contribution in [-0.4, -0.2) is 74.2 Å². The van der Waals surface area contributed by atoms with Crippen molar-refractivity contribution in [2.45, 2.75) is 65.2 Å². The molecule has 1 fully saturated rings. The minimum Gasteiger partial charge on any atom is -0.494 e. The Hall–Kier alpha value is -8.80. The molecule has 0 amide bonds. The maximum Gasteiger partial charge on any atom is 0.347 e. The molecule has 0 N–H and O–H groups in total. The second-order valence-electron chi connectivity index (χ2n) is 16.6. The van der Waals surface area contributed by atoms with Crippen molar-refractivity contribution < 1.29 is 85.7 Å². The highest BCUT2D eigenvalue weighted by atomic mass is 16.6. The fraction of sp³-hybridized carbons (Fsp3) is 0.286. The van der Waals surface area contributed by atoms with Crippen LogP contribution in [0.5, 0.6) is 34.5 Å². The molecular weight excluding hydrogens is 961 g/mol. The monoisotopic (exact) mass is 1020 g/mol. The molecule has 1 saturated carbocycles. The quantitative estimate of drug-likeness (QED) is 0.0142. The van der Waals surface area contributed by atoms with Gasteiger partial charge in [-0.05, 0) is 150 Å². The van der Waals surface area contributed by atoms with Crippen LogP contribution in [0.4, 0.5) is 0 Å². The van der Waals surface area contributed by atoms with Crippen molar-refractivity contribution in [2.75, 3.05) is 26.4 Å². The minimum absolute atomic E-state index is 0.0293. The van der Waals surface area contributed by atoms with E-state index in [2.05, 4.69) is 26.3 Å². The van der Waals surface area contributed by atoms with E-state index in [9.17, 15) is 38.4 Å². The van der Waals surface area contributed by atoms with Crippen LogP contribution in [0.1, 0.15) is 107 Å². The molecule has 388 valence electrons. The highest BCUT2D eigenvalue weighted by molar-refractivity contribution is 5.98. The molecule has 74 heavy (non-hydrogen) atoms. The number of carbonyl (C=O) groups excluding carboxylic acids is 8. The molecule has 0 bridgehead atoms. The number of carbonyl (C=O) groups is 8. The number of unbranched alkanes of at least 4 members (excludes halogenated alkanes) is 2. The van der Waals surface area contributed by atoms with E-state index in [4.69, 9.17) is 47.4 Å². The van der Waals surface area contributed by atoms with Gasteiger partial charge in [0.1, 0.15) is 45.6 Å². The van der Waals surface area contributed by atoms with Crippen LogP contribution < -0.4 is 28.4 Å². The van der Waals surface area contributed by atoms with Crippen LogP contribution in [0, 0.1) is 11.8 Å². The third-order valence-corrected chi connectivity index (χ3v) is 10.7. The summed E-state index contributed by atoms with van der Waals surface area (Å²) in [5.41, 5.74) is -0.135. The summed E-state index contributed by atoms with van der Waals surface area (Å²) < 4.78 is 54.1. The number of ether oxygens (including phenoxy) is 10. The van der Waals surface area contributed by atoms with Crippen LogP contribution in [0.15, 0.2) is 135 Å². The van der Waals surface area contributed by atoms with E-state index >= 15 is 0 Å². The summed E-state index contributed by atoms with van der Waals surface area (Å²) in [7, 11) is 0. The molecule has 5 rings (SSSR count). The molecule has 0 saturated heterocycles. The summed E-state index contributed by atoms with van der Waals surface area (Å²) in [6.45, 7) is 17.9. The van der Waals surface area contributed by atoms with E-state index in [1.165, 1.54) is 74.5 Å². The summed E-state index contributed by atoms with van der Waals surface area (Å²) in [6, 6.07) is 20.0. The average Bonchev–Trinajstić information content (AvgIpc) is 3.38. The smallest absolute Gasteiger partial charge is 0.347 e. The molecular formula is C56H56O18. The first-order valence-electron chi connectivity index (χ1n) is 23.5. The Balaban J connectivity index is 1.14. The lowest BCUT2D eigenvalue weighted by Crippen LogP contribution is -2.30. The van der Waals surface area contributed by atoms with Gasteiger partial charge < -0.3 is 47.4 Å². The fourth-order valence-corrected chi connectivity index (χ4v) is 6.98. The molecule has 0 unspecified atom stereocenters. The van der Waals surface area contributed by atoms with Crippen LogP contribution >= 0.6 is 0 Å². The van der Waals surface area contributed by atoms with E-state index in [1.807, 2.05) is 0 Å². The van der Waals surface area contributed by atoms with E-state index in [-0.39, 0.29) is 95.7 Å². The highest BCUT2D eigenvalue weighted by Gasteiger charge is 2.33. The molecule has 18 heteroatoms. The summed E-state index contributed by atoms with van der Waals surface area (Å²) in [5, 5.41) is 0. The first-order valence-corrected chi connectivity index (χ1v) is 23.5. The lowest BCUT2D eigenvalue weighted by Gasteiger charge is -2.26. The summed E-state index contributed by atoms with van der Waals surface area (Å²) in [5.74, 6) is -6.20. The van der Waals surface area contributed by atoms with E-state index < -0.39 is 59.6 Å². The average molecular weight is 1020 g/mol. The van der Waals surface area contributed by atoms with Gasteiger partial charge in [-0.25, -0.2) is 28.8 Å². The Labute approximate surface area is 427 Å². The molecule has 1 aliphatic rings. The van der Waals surface area contributed by atoms with Crippen molar-refractivity contribution in [3.05, 3.63) is 157 Å². The van der Waals surface area contributed by atoms with E-state index in [1.54, 1.807) is 24.3 Å². The van der Waals surface area contributed by atoms with Gasteiger partial charge in [0.15, 0.2) is 0 Å². The van der Waals surface area contributed by atoms with Crippen LogP contribution in [0.25, 0.3) is 0 Å². The van der Waals surface area contributed by atoms with E-state index in [0.717, 1.165) is 12.2 Å². The Morgan fingerprint density at radius 3 is 1.14 bits per heavy atom. The Kier molecular flexibility index (Phi) is 21.5. The summed E-state index contributed by atoms with van der Waals surface area (Å²) in [4.78, 5) is 102. The first kappa shape index (κ1) is 56.1. The van der Waals surface area contributed by atoms with Gasteiger partial charge in [-0.3, -0.25) is 9.59 Å². The Morgan fingerprint density at radius 2 is 0.797 bits per heavy atom. The molecule has 1 aliphatic carbocycles. The van der Waals surface area contributed by atoms with Gasteiger partial charge >= 0.3 is 47.8 Å². The molecule has 18 nitrogen and oxygen atoms in total. The summed E-state index contributed by atoms with van der Waals surface area (Å²) in [6.07, 6.45) is 5.59. The highest BCUT2D eigenvalue weighted by Crippen LogP contribution is 2.34. The number of hydrogen-bond donors (Lipinski definition) is 0. The molecule has 0 heterocycles. The van der Waals surface area contributed by atoms with Gasteiger partial charge in [0.2, 0.25) is 0 Å². The zero-order chi connectivity index (χ0) is 53.6. The van der Waals surface area contributed by atoms with Crippen molar-refractivity contribution in [3.8, 4) is 34.5 Å². The van der Waals surface area contributed by atoms with Gasteiger partial charge in [0, 0.05) is 12.2 Å². The fourth-order valence-electron chi connectivity index (χ4n) is 6.98. The summed E-state index contributed by atoms with van der Waals surface area (Å²) >= 11 is 0. The van der Waals surface area contributed by atoms with Gasteiger partial charge in [-0.15, -0.1) is 0 Å². The normalized spacial score (nSPS) is 13.6. The zero-order valence-corrected chi connectivity index (χ0v) is 41.1. The van der Waals surface area contributed by atoms with Crippen molar-refractivity contribution in [1.29, 1.82) is 0 Å². The topological polar surface area (TPSA) is 229 Å². The SMILES string of the molecule is C=CC(=O)OCCCCOc1ccc(C(=O)Oc2ccc(OC(=O)C3CCC(C(=O)Oc4ccc(OC(=O)c5ccc(OCCCCOC(=O)C=C)cc5)c(C(=O)OC(=C)C)c4)CC3)cc2C(=O)OC(=C)C)cc1. The van der Waals surface area contributed by atoms with Crippen molar-refractivity contribution in [1.82, 2.24) is 0 Å². The largest absolute Gasteiger partial charge is 0.494 e. The number of benzene rings is 4. The third-order valence-electron chi connectivity index (χ3n) is 10.7. The first-order chi connectivity index (χ1) is 35.5. The molecule has 0 spiro atoms. The van der Waals surface area contributed by atoms with E-state index in [0.29, 0.717) is 50.4 Å². The second kappa shape index (κ2) is 28.3. The van der Waals surface area contributed by atoms with Gasteiger partial charge in [-0.2, -0.15) is 0 Å². The van der Waals surface area contributed by atoms with Gasteiger partial charge in [0.05, 0.1) is 60.9 Å². The molecule has 0 aromatic heterocycles. The number of hydrogen-bond acceptors (Lipinski definition) is 18. The number of esters is 8. The maximum atomic E-state index is 13.4. The van der Waals surface area contributed by atoms with Crippen molar-refractivity contribution in [2.24, 2.45) is 11.8 Å². The Bertz CT molecular complexity index is 2540. The number of rotatable bonds is 26. The standard InChI is InChI=1S/C56H56O18/c1-7-49(57)67-31-11-9-29-65-41-21-17-39(18-22-41)53(61)73-47-27-25-43(33-45(47)55(63)69-35(3)4)71-51(59)37-13-15-38(16-14-37)52(60)72-44-26-28-48(46(34-44)56(64)70-36(5)6)74-54(62)40-19-23-42(24-20-40)66-30-10-12-32-68-50(58)8-2/h7-8,17-28,33-34,37-38H,1-3,5,9-16,29-32H2,4,6H3. The van der Waals surface area contributed by atoms with Crippen molar-refractivity contribution in [3.63, 3.8) is 0 Å². The van der Waals surface area contributed by atoms with Crippen molar-refractivity contribution >= 4 is 47.8 Å². The van der Waals surface area contributed by atoms with Gasteiger partial charge in [-0.1, -0.05) is 26.3 Å². The minimum atomic E-state index is -0.916.